The highest BCUT2D eigenvalue weighted by molar-refractivity contribution is 5.76. The van der Waals surface area contributed by atoms with Crippen LogP contribution in [0.15, 0.2) is 24.3 Å². The lowest BCUT2D eigenvalue weighted by Gasteiger charge is -2.17. The van der Waals surface area contributed by atoms with Crippen LogP contribution < -0.4 is 10.1 Å². The molecule has 0 saturated carbocycles. The lowest BCUT2D eigenvalue weighted by Crippen LogP contribution is -2.28. The molecule has 0 atom stereocenters. The number of nitrogens with zero attached hydrogens (tertiary/aromatic N) is 1. The Balaban J connectivity index is 2.48. The van der Waals surface area contributed by atoms with Crippen molar-refractivity contribution in [1.29, 1.82) is 0 Å². The molecule has 0 bridgehead atoms. The first-order valence-corrected chi connectivity index (χ1v) is 6.27. The molecule has 0 aromatic heterocycles. The van der Waals surface area contributed by atoms with E-state index in [0.717, 1.165) is 11.3 Å². The molecule has 1 aromatic carbocycles. The molecular formula is C14H22N2O2. The second kappa shape index (κ2) is 7.71. The van der Waals surface area contributed by atoms with Gasteiger partial charge in [-0.2, -0.15) is 0 Å². The minimum atomic E-state index is 0.151. The number of carbonyl (C=O) groups is 1. The third kappa shape index (κ3) is 4.75. The van der Waals surface area contributed by atoms with Crippen molar-refractivity contribution in [1.82, 2.24) is 10.2 Å². The van der Waals surface area contributed by atoms with Gasteiger partial charge in [-0.25, -0.2) is 0 Å². The van der Waals surface area contributed by atoms with Crippen molar-refractivity contribution < 1.29 is 9.53 Å². The van der Waals surface area contributed by atoms with E-state index in [1.165, 1.54) is 0 Å². The van der Waals surface area contributed by atoms with Crippen LogP contribution in [0.4, 0.5) is 0 Å². The van der Waals surface area contributed by atoms with E-state index in [9.17, 15) is 4.79 Å². The summed E-state index contributed by atoms with van der Waals surface area (Å²) < 4.78 is 5.38. The van der Waals surface area contributed by atoms with Gasteiger partial charge in [-0.1, -0.05) is 12.1 Å². The molecule has 0 fully saturated rings. The Bertz CT molecular complexity index is 363. The maximum absolute atomic E-state index is 11.7. The van der Waals surface area contributed by atoms with Gasteiger partial charge in [0.05, 0.1) is 6.61 Å². The van der Waals surface area contributed by atoms with Gasteiger partial charge in [0, 0.05) is 26.6 Å². The maximum Gasteiger partial charge on any atom is 0.223 e. The molecule has 1 N–H and O–H groups in total. The number of benzene rings is 1. The zero-order valence-corrected chi connectivity index (χ0v) is 11.4. The van der Waals surface area contributed by atoms with E-state index in [4.69, 9.17) is 4.74 Å². The summed E-state index contributed by atoms with van der Waals surface area (Å²) >= 11 is 0. The van der Waals surface area contributed by atoms with Gasteiger partial charge in [0.25, 0.3) is 0 Å². The second-order valence-corrected chi connectivity index (χ2v) is 4.18. The molecule has 4 nitrogen and oxygen atoms in total. The molecule has 0 aliphatic rings. The molecule has 0 unspecified atom stereocenters. The van der Waals surface area contributed by atoms with Gasteiger partial charge >= 0.3 is 0 Å². The molecule has 0 spiro atoms. The van der Waals surface area contributed by atoms with Crippen molar-refractivity contribution >= 4 is 5.91 Å². The largest absolute Gasteiger partial charge is 0.494 e. The molecule has 0 aliphatic heterocycles. The summed E-state index contributed by atoms with van der Waals surface area (Å²) in [6.07, 6.45) is 0.532. The Morgan fingerprint density at radius 3 is 2.56 bits per heavy atom. The number of hydrogen-bond acceptors (Lipinski definition) is 3. The molecule has 0 heterocycles. The molecule has 1 aromatic rings. The zero-order valence-electron chi connectivity index (χ0n) is 11.4. The Hall–Kier alpha value is -1.55. The minimum absolute atomic E-state index is 0.151. The van der Waals surface area contributed by atoms with Gasteiger partial charge in [0.15, 0.2) is 0 Å². The topological polar surface area (TPSA) is 41.6 Å². The number of carbonyl (C=O) groups excluding carboxylic acids is 1. The van der Waals surface area contributed by atoms with Crippen LogP contribution in [0.5, 0.6) is 5.75 Å². The van der Waals surface area contributed by atoms with E-state index in [2.05, 4.69) is 5.32 Å². The normalized spacial score (nSPS) is 10.2. The summed E-state index contributed by atoms with van der Waals surface area (Å²) in [6.45, 7) is 3.98. The molecule has 1 rings (SSSR count). The van der Waals surface area contributed by atoms with Crippen molar-refractivity contribution in [2.45, 2.75) is 19.9 Å². The van der Waals surface area contributed by atoms with Crippen molar-refractivity contribution in [3.63, 3.8) is 0 Å². The first kappa shape index (κ1) is 14.5. The van der Waals surface area contributed by atoms with Crippen molar-refractivity contribution in [3.05, 3.63) is 29.8 Å². The maximum atomic E-state index is 11.7. The molecule has 0 saturated heterocycles. The number of hydrogen-bond donors (Lipinski definition) is 1. The monoisotopic (exact) mass is 250 g/mol. The van der Waals surface area contributed by atoms with Crippen molar-refractivity contribution in [2.75, 3.05) is 27.2 Å². The van der Waals surface area contributed by atoms with Crippen LogP contribution in [-0.2, 0) is 11.3 Å². The summed E-state index contributed by atoms with van der Waals surface area (Å²) in [7, 11) is 3.67. The highest BCUT2D eigenvalue weighted by atomic mass is 16.5. The fourth-order valence-corrected chi connectivity index (χ4v) is 1.64. The number of amides is 1. The molecule has 1 amide bonds. The highest BCUT2D eigenvalue weighted by Gasteiger charge is 2.08. The van der Waals surface area contributed by atoms with Crippen molar-refractivity contribution in [3.8, 4) is 5.75 Å². The Morgan fingerprint density at radius 2 is 2.00 bits per heavy atom. The van der Waals surface area contributed by atoms with E-state index in [1.54, 1.807) is 4.90 Å². The molecule has 100 valence electrons. The van der Waals surface area contributed by atoms with Crippen LogP contribution in [0.3, 0.4) is 0 Å². The summed E-state index contributed by atoms with van der Waals surface area (Å²) in [6, 6.07) is 7.86. The smallest absolute Gasteiger partial charge is 0.223 e. The lowest BCUT2D eigenvalue weighted by molar-refractivity contribution is -0.130. The Labute approximate surface area is 109 Å². The van der Waals surface area contributed by atoms with Gasteiger partial charge in [-0.15, -0.1) is 0 Å². The van der Waals surface area contributed by atoms with Crippen molar-refractivity contribution in [2.24, 2.45) is 0 Å². The van der Waals surface area contributed by atoms with Gasteiger partial charge in [-0.05, 0) is 31.7 Å². The molecule has 18 heavy (non-hydrogen) atoms. The zero-order chi connectivity index (χ0) is 13.4. The van der Waals surface area contributed by atoms with Gasteiger partial charge < -0.3 is 15.0 Å². The first-order valence-electron chi connectivity index (χ1n) is 6.27. The standard InChI is InChI=1S/C14H22N2O2/c1-4-18-13-7-5-12(6-8-13)11-16(3)14(17)9-10-15-2/h5-8,15H,4,9-11H2,1-3H3. The van der Waals surface area contributed by atoms with Crippen LogP contribution >= 0.6 is 0 Å². The van der Waals surface area contributed by atoms with E-state index < -0.39 is 0 Å². The fraction of sp³-hybridized carbons (Fsp3) is 0.500. The predicted octanol–water partition coefficient (Wildman–Crippen LogP) is 1.65. The number of nitrogens with one attached hydrogen (secondary N) is 1. The van der Waals surface area contributed by atoms with Crippen LogP contribution in [0.25, 0.3) is 0 Å². The minimum Gasteiger partial charge on any atom is -0.494 e. The average molecular weight is 250 g/mol. The third-order valence-corrected chi connectivity index (χ3v) is 2.67. The fourth-order valence-electron chi connectivity index (χ4n) is 1.64. The summed E-state index contributed by atoms with van der Waals surface area (Å²) in [4.78, 5) is 13.5. The van der Waals surface area contributed by atoms with E-state index in [-0.39, 0.29) is 5.91 Å². The average Bonchev–Trinajstić information content (AvgIpc) is 2.38. The van der Waals surface area contributed by atoms with Gasteiger partial charge in [0.1, 0.15) is 5.75 Å². The van der Waals surface area contributed by atoms with Crippen LogP contribution in [-0.4, -0.2) is 38.1 Å². The predicted molar refractivity (Wildman–Crippen MR) is 72.6 cm³/mol. The van der Waals surface area contributed by atoms with E-state index in [1.807, 2.05) is 45.3 Å². The summed E-state index contributed by atoms with van der Waals surface area (Å²) in [5.74, 6) is 1.02. The first-order chi connectivity index (χ1) is 8.67. The number of ether oxygens (including phenoxy) is 1. The Morgan fingerprint density at radius 1 is 1.33 bits per heavy atom. The Kier molecular flexibility index (Phi) is 6.22. The van der Waals surface area contributed by atoms with Crippen LogP contribution in [0.1, 0.15) is 18.9 Å². The van der Waals surface area contributed by atoms with E-state index >= 15 is 0 Å². The SMILES string of the molecule is CCOc1ccc(CN(C)C(=O)CCNC)cc1. The van der Waals surface area contributed by atoms with E-state index in [0.29, 0.717) is 26.1 Å². The molecule has 0 radical (unpaired) electrons. The molecule has 4 heteroatoms. The van der Waals surface area contributed by atoms with Gasteiger partial charge in [-0.3, -0.25) is 4.79 Å². The second-order valence-electron chi connectivity index (χ2n) is 4.18. The molecular weight excluding hydrogens is 228 g/mol. The lowest BCUT2D eigenvalue weighted by atomic mass is 10.2. The number of rotatable bonds is 7. The highest BCUT2D eigenvalue weighted by Crippen LogP contribution is 2.13. The van der Waals surface area contributed by atoms with Crippen LogP contribution in [0, 0.1) is 0 Å². The summed E-state index contributed by atoms with van der Waals surface area (Å²) in [5.41, 5.74) is 1.11. The molecule has 0 aliphatic carbocycles. The third-order valence-electron chi connectivity index (χ3n) is 2.67. The van der Waals surface area contributed by atoms with Gasteiger partial charge in [0.2, 0.25) is 5.91 Å². The quantitative estimate of drug-likeness (QED) is 0.800. The summed E-state index contributed by atoms with van der Waals surface area (Å²) in [5, 5.41) is 2.97. The van der Waals surface area contributed by atoms with Crippen LogP contribution in [0.2, 0.25) is 0 Å².